The monoisotopic (exact) mass is 457 g/mol. The molecule has 2 aliphatic heterocycles. The van der Waals surface area contributed by atoms with Gasteiger partial charge in [0, 0.05) is 30.7 Å². The summed E-state index contributed by atoms with van der Waals surface area (Å²) in [4.78, 5) is 5.11. The zero-order valence-corrected chi connectivity index (χ0v) is 20.3. The summed E-state index contributed by atoms with van der Waals surface area (Å²) in [5.41, 5.74) is 5.88. The van der Waals surface area contributed by atoms with Crippen molar-refractivity contribution < 1.29 is 0 Å². The third-order valence-electron chi connectivity index (χ3n) is 6.69. The van der Waals surface area contributed by atoms with Gasteiger partial charge in [0.1, 0.15) is 0 Å². The molecule has 2 aromatic carbocycles. The van der Waals surface area contributed by atoms with E-state index in [0.717, 1.165) is 40.8 Å². The maximum atomic E-state index is 6.54. The Morgan fingerprint density at radius 2 is 1.90 bits per heavy atom. The topological polar surface area (TPSA) is 18.5 Å². The van der Waals surface area contributed by atoms with Gasteiger partial charge in [-0.15, -0.1) is 0 Å². The number of benzene rings is 2. The fraction of sp³-hybridized carbons (Fsp3) is 0.462. The molecule has 1 unspecified atom stereocenters. The molecule has 0 radical (unpaired) electrons. The fourth-order valence-corrected chi connectivity index (χ4v) is 5.42. The van der Waals surface area contributed by atoms with Gasteiger partial charge in [0.05, 0.1) is 16.8 Å². The molecular formula is C26H33Cl2N3. The van der Waals surface area contributed by atoms with Crippen molar-refractivity contribution in [2.24, 2.45) is 0 Å². The summed E-state index contributed by atoms with van der Waals surface area (Å²) in [5.74, 6) is 0. The molecule has 1 saturated heterocycles. The van der Waals surface area contributed by atoms with Crippen LogP contribution in [0.25, 0.3) is 5.57 Å². The highest BCUT2D eigenvalue weighted by atomic mass is 35.5. The Bertz CT molecular complexity index is 956. The summed E-state index contributed by atoms with van der Waals surface area (Å²) in [5, 5.41) is 5.10. The number of halogens is 2. The molecule has 0 aliphatic carbocycles. The van der Waals surface area contributed by atoms with Gasteiger partial charge in [0.25, 0.3) is 0 Å². The van der Waals surface area contributed by atoms with Crippen LogP contribution < -0.4 is 5.32 Å². The average molecular weight is 458 g/mol. The van der Waals surface area contributed by atoms with E-state index in [-0.39, 0.29) is 6.04 Å². The Morgan fingerprint density at radius 1 is 1.06 bits per heavy atom. The summed E-state index contributed by atoms with van der Waals surface area (Å²) in [6, 6.07) is 13.3. The van der Waals surface area contributed by atoms with Gasteiger partial charge in [-0.25, -0.2) is 0 Å². The minimum Gasteiger partial charge on any atom is -0.377 e. The minimum absolute atomic E-state index is 0.0694. The van der Waals surface area contributed by atoms with Crippen molar-refractivity contribution in [3.05, 3.63) is 69.2 Å². The SMILES string of the molecule is Cc1ccc([C@@H](C)Nc2cc(C3=CCN(C4CCCN(C)C4)CC3)ccc2Cl)c(Cl)c1. The van der Waals surface area contributed by atoms with E-state index in [1.165, 1.54) is 42.6 Å². The third-order valence-corrected chi connectivity index (χ3v) is 7.35. The molecule has 5 heteroatoms. The van der Waals surface area contributed by atoms with Gasteiger partial charge in [0.15, 0.2) is 0 Å². The van der Waals surface area contributed by atoms with Crippen LogP contribution in [-0.2, 0) is 0 Å². The highest BCUT2D eigenvalue weighted by Gasteiger charge is 2.25. The van der Waals surface area contributed by atoms with E-state index in [2.05, 4.69) is 66.4 Å². The summed E-state index contributed by atoms with van der Waals surface area (Å²) in [6.45, 7) is 8.77. The first kappa shape index (κ1) is 22.7. The molecule has 31 heavy (non-hydrogen) atoms. The maximum absolute atomic E-state index is 6.54. The molecule has 2 atom stereocenters. The molecule has 0 spiro atoms. The van der Waals surface area contributed by atoms with Crippen molar-refractivity contribution in [2.45, 2.75) is 45.2 Å². The van der Waals surface area contributed by atoms with Crippen LogP contribution >= 0.6 is 23.2 Å². The van der Waals surface area contributed by atoms with Gasteiger partial charge in [0.2, 0.25) is 0 Å². The lowest BCUT2D eigenvalue weighted by Crippen LogP contribution is -2.47. The smallest absolute Gasteiger partial charge is 0.0638 e. The van der Waals surface area contributed by atoms with Gasteiger partial charge in [-0.3, -0.25) is 4.90 Å². The second-order valence-corrected chi connectivity index (χ2v) is 9.93. The van der Waals surface area contributed by atoms with Gasteiger partial charge in [-0.1, -0.05) is 47.5 Å². The van der Waals surface area contributed by atoms with Gasteiger partial charge in [-0.2, -0.15) is 0 Å². The molecule has 4 rings (SSSR count). The van der Waals surface area contributed by atoms with Crippen molar-refractivity contribution in [2.75, 3.05) is 38.5 Å². The lowest BCUT2D eigenvalue weighted by Gasteiger charge is -2.39. The first-order valence-electron chi connectivity index (χ1n) is 11.3. The van der Waals surface area contributed by atoms with Crippen molar-refractivity contribution in [1.29, 1.82) is 0 Å². The molecule has 0 bridgehead atoms. The molecule has 1 N–H and O–H groups in total. The zero-order chi connectivity index (χ0) is 22.0. The number of piperidine rings is 1. The summed E-state index contributed by atoms with van der Waals surface area (Å²) in [6.07, 6.45) is 6.12. The molecule has 2 aliphatic rings. The predicted octanol–water partition coefficient (Wildman–Crippen LogP) is 6.66. The number of likely N-dealkylation sites (N-methyl/N-ethyl adjacent to an activating group) is 1. The highest BCUT2D eigenvalue weighted by Crippen LogP contribution is 2.33. The number of hydrogen-bond donors (Lipinski definition) is 1. The Kier molecular flexibility index (Phi) is 7.28. The van der Waals surface area contributed by atoms with E-state index >= 15 is 0 Å². The van der Waals surface area contributed by atoms with Crippen LogP contribution in [0.4, 0.5) is 5.69 Å². The molecule has 2 heterocycles. The molecule has 2 aromatic rings. The zero-order valence-electron chi connectivity index (χ0n) is 18.8. The van der Waals surface area contributed by atoms with Crippen molar-refractivity contribution >= 4 is 34.5 Å². The van der Waals surface area contributed by atoms with Gasteiger partial charge >= 0.3 is 0 Å². The number of anilines is 1. The number of aryl methyl sites for hydroxylation is 1. The van der Waals surface area contributed by atoms with Crippen molar-refractivity contribution in [3.63, 3.8) is 0 Å². The number of nitrogens with zero attached hydrogens (tertiary/aromatic N) is 2. The molecule has 0 saturated carbocycles. The van der Waals surface area contributed by atoms with Crippen LogP contribution in [0.15, 0.2) is 42.5 Å². The van der Waals surface area contributed by atoms with Crippen molar-refractivity contribution in [3.8, 4) is 0 Å². The second kappa shape index (κ2) is 9.95. The van der Waals surface area contributed by atoms with Crippen LogP contribution in [-0.4, -0.2) is 49.1 Å². The number of rotatable bonds is 5. The minimum atomic E-state index is 0.0694. The largest absolute Gasteiger partial charge is 0.377 e. The summed E-state index contributed by atoms with van der Waals surface area (Å²) >= 11 is 13.0. The molecule has 3 nitrogen and oxygen atoms in total. The van der Waals surface area contributed by atoms with Gasteiger partial charge < -0.3 is 10.2 Å². The first-order chi connectivity index (χ1) is 14.9. The van der Waals surface area contributed by atoms with Crippen LogP contribution in [0, 0.1) is 6.92 Å². The van der Waals surface area contributed by atoms with Crippen LogP contribution in [0.3, 0.4) is 0 Å². The first-order valence-corrected chi connectivity index (χ1v) is 12.1. The standard InChI is InChI=1S/C26H33Cl2N3/c1-18-6-8-23(25(28)15-18)19(2)29-26-16-21(7-9-24(26)27)20-10-13-31(14-11-20)22-5-4-12-30(3)17-22/h6-10,15-16,19,22,29H,4-5,11-14,17H2,1-3H3/t19-,22?/m1/s1. The molecule has 166 valence electrons. The molecule has 0 amide bonds. The number of hydrogen-bond acceptors (Lipinski definition) is 3. The van der Waals surface area contributed by atoms with Crippen LogP contribution in [0.1, 0.15) is 48.9 Å². The Labute approximate surface area is 197 Å². The van der Waals surface area contributed by atoms with E-state index < -0.39 is 0 Å². The normalized spacial score (nSPS) is 21.6. The van der Waals surface area contributed by atoms with E-state index in [9.17, 15) is 0 Å². The maximum Gasteiger partial charge on any atom is 0.0638 e. The fourth-order valence-electron chi connectivity index (χ4n) is 4.85. The Balaban J connectivity index is 1.46. The summed E-state index contributed by atoms with van der Waals surface area (Å²) < 4.78 is 0. The van der Waals surface area contributed by atoms with Crippen molar-refractivity contribution in [1.82, 2.24) is 9.80 Å². The van der Waals surface area contributed by atoms with Crippen LogP contribution in [0.2, 0.25) is 10.0 Å². The summed E-state index contributed by atoms with van der Waals surface area (Å²) in [7, 11) is 2.24. The lowest BCUT2D eigenvalue weighted by molar-refractivity contribution is 0.121. The van der Waals surface area contributed by atoms with E-state index in [4.69, 9.17) is 23.2 Å². The van der Waals surface area contributed by atoms with Crippen LogP contribution in [0.5, 0.6) is 0 Å². The predicted molar refractivity (Wildman–Crippen MR) is 134 cm³/mol. The molecule has 0 aromatic heterocycles. The quantitative estimate of drug-likeness (QED) is 0.541. The van der Waals surface area contributed by atoms with Gasteiger partial charge in [-0.05, 0) is 87.2 Å². The average Bonchev–Trinajstić information content (AvgIpc) is 2.75. The number of likely N-dealkylation sites (tertiary alicyclic amines) is 1. The van der Waals surface area contributed by atoms with E-state index in [1.807, 2.05) is 12.1 Å². The lowest BCUT2D eigenvalue weighted by atomic mass is 9.96. The van der Waals surface area contributed by atoms with E-state index in [0.29, 0.717) is 6.04 Å². The third kappa shape index (κ3) is 5.46. The Hall–Kier alpha value is -1.52. The molecular weight excluding hydrogens is 425 g/mol. The molecule has 1 fully saturated rings. The number of nitrogens with one attached hydrogen (secondary N) is 1. The highest BCUT2D eigenvalue weighted by molar-refractivity contribution is 6.33. The Morgan fingerprint density at radius 3 is 2.61 bits per heavy atom. The second-order valence-electron chi connectivity index (χ2n) is 9.12. The van der Waals surface area contributed by atoms with E-state index in [1.54, 1.807) is 0 Å².